The molecule has 30 heavy (non-hydrogen) atoms. The lowest BCUT2D eigenvalue weighted by atomic mass is 10.1. The third-order valence-electron chi connectivity index (χ3n) is 5.30. The summed E-state index contributed by atoms with van der Waals surface area (Å²) in [7, 11) is 5.52. The molecule has 1 aromatic heterocycles. The Morgan fingerprint density at radius 3 is 2.40 bits per heavy atom. The first-order valence-corrected chi connectivity index (χ1v) is 9.64. The van der Waals surface area contributed by atoms with Crippen molar-refractivity contribution in [1.82, 2.24) is 9.55 Å². The van der Waals surface area contributed by atoms with Crippen LogP contribution < -0.4 is 11.5 Å². The van der Waals surface area contributed by atoms with Crippen LogP contribution in [0.2, 0.25) is 0 Å². The van der Waals surface area contributed by atoms with Crippen LogP contribution in [0.3, 0.4) is 0 Å². The van der Waals surface area contributed by atoms with E-state index < -0.39 is 55.1 Å². The van der Waals surface area contributed by atoms with Gasteiger partial charge in [-0.05, 0) is 0 Å². The molecule has 0 aliphatic carbocycles. The Balaban J connectivity index is 2.33. The summed E-state index contributed by atoms with van der Waals surface area (Å²) >= 11 is 0. The molecule has 2 heterocycles. The molecular formula is C18H32N5O7+. The number of aliphatic hydroxyl groups is 3. The Labute approximate surface area is 174 Å². The highest BCUT2D eigenvalue weighted by Crippen LogP contribution is 2.31. The van der Waals surface area contributed by atoms with E-state index in [0.29, 0.717) is 22.4 Å². The highest BCUT2D eigenvalue weighted by molar-refractivity contribution is 5.78. The lowest BCUT2D eigenvalue weighted by Gasteiger charge is -2.32. The molecule has 1 aliphatic heterocycles. The Hall–Kier alpha value is -2.09. The van der Waals surface area contributed by atoms with E-state index in [1.54, 1.807) is 0 Å². The fourth-order valence-electron chi connectivity index (χ4n) is 3.59. The van der Waals surface area contributed by atoms with Crippen LogP contribution in [0.5, 0.6) is 0 Å². The number of hydrogen-bond acceptors (Lipinski definition) is 8. The summed E-state index contributed by atoms with van der Waals surface area (Å²) in [6.45, 7) is -0.485. The van der Waals surface area contributed by atoms with Crippen LogP contribution in [0.15, 0.2) is 6.20 Å². The molecule has 1 aromatic rings. The van der Waals surface area contributed by atoms with E-state index in [1.807, 2.05) is 21.1 Å². The van der Waals surface area contributed by atoms with Gasteiger partial charge in [0.1, 0.15) is 30.2 Å². The van der Waals surface area contributed by atoms with Gasteiger partial charge in [0, 0.05) is 25.5 Å². The number of carboxylic acids is 1. The number of imidazole rings is 1. The van der Waals surface area contributed by atoms with Crippen LogP contribution in [0.1, 0.15) is 24.2 Å². The van der Waals surface area contributed by atoms with Gasteiger partial charge in [0.2, 0.25) is 0 Å². The van der Waals surface area contributed by atoms with E-state index in [1.165, 1.54) is 10.8 Å². The molecule has 0 bridgehead atoms. The second-order valence-corrected chi connectivity index (χ2v) is 8.51. The fourth-order valence-corrected chi connectivity index (χ4v) is 3.59. The molecule has 0 radical (unpaired) electrons. The summed E-state index contributed by atoms with van der Waals surface area (Å²) in [6.07, 6.45) is -2.58. The minimum atomic E-state index is -1.33. The number of carboxylic acid groups (broad SMARTS) is 1. The predicted molar refractivity (Wildman–Crippen MR) is 104 cm³/mol. The molecule has 2 unspecified atom stereocenters. The number of carbonyl (C=O) groups is 2. The zero-order valence-electron chi connectivity index (χ0n) is 17.4. The maximum Gasteiger partial charge on any atom is 0.320 e. The molecular weight excluding hydrogens is 398 g/mol. The van der Waals surface area contributed by atoms with Crippen LogP contribution in [0.25, 0.3) is 0 Å². The van der Waals surface area contributed by atoms with E-state index in [2.05, 4.69) is 4.98 Å². The number of aryl methyl sites for hydroxylation is 1. The molecule has 170 valence electrons. The average Bonchev–Trinajstić information content (AvgIpc) is 3.14. The second-order valence-electron chi connectivity index (χ2n) is 8.51. The van der Waals surface area contributed by atoms with Crippen LogP contribution in [-0.2, 0) is 27.2 Å². The largest absolute Gasteiger partial charge is 0.480 e. The van der Waals surface area contributed by atoms with Gasteiger partial charge in [-0.2, -0.15) is 0 Å². The maximum absolute atomic E-state index is 11.9. The quantitative estimate of drug-likeness (QED) is 0.209. The highest BCUT2D eigenvalue weighted by Gasteiger charge is 2.44. The Morgan fingerprint density at radius 1 is 1.30 bits per heavy atom. The van der Waals surface area contributed by atoms with Crippen LogP contribution in [0, 0.1) is 0 Å². The van der Waals surface area contributed by atoms with Gasteiger partial charge in [0.25, 0.3) is 5.91 Å². The summed E-state index contributed by atoms with van der Waals surface area (Å²) in [5.41, 5.74) is 11.5. The SMILES string of the molecule is C[N+](C)(C)C(CCc1nc(CC(N)C(=O)O)cn1[C@@H]1O[C@H](CO)[C@@H](O)[C@H]1O)C(N)=O. The number of nitrogens with two attached hydrogens (primary N) is 2. The minimum Gasteiger partial charge on any atom is -0.480 e. The van der Waals surface area contributed by atoms with Crippen molar-refractivity contribution in [1.29, 1.82) is 0 Å². The van der Waals surface area contributed by atoms with Gasteiger partial charge in [0.15, 0.2) is 12.3 Å². The molecule has 1 aliphatic rings. The average molecular weight is 430 g/mol. The predicted octanol–water partition coefficient (Wildman–Crippen LogP) is -3.06. The van der Waals surface area contributed by atoms with Gasteiger partial charge in [-0.1, -0.05) is 0 Å². The third kappa shape index (κ3) is 5.33. The topological polar surface area (TPSA) is 194 Å². The molecule has 8 N–H and O–H groups in total. The molecule has 0 aromatic carbocycles. The summed E-state index contributed by atoms with van der Waals surface area (Å²) in [5.74, 6) is -1.24. The number of likely N-dealkylation sites (N-methyl/N-ethyl adjacent to an activating group) is 1. The number of aromatic nitrogens is 2. The summed E-state index contributed by atoms with van der Waals surface area (Å²) < 4.78 is 7.37. The molecule has 12 nitrogen and oxygen atoms in total. The van der Waals surface area contributed by atoms with Crippen molar-refractivity contribution in [3.05, 3.63) is 17.7 Å². The second kappa shape index (κ2) is 9.37. The number of nitrogens with zero attached hydrogens (tertiary/aromatic N) is 3. The Bertz CT molecular complexity index is 763. The monoisotopic (exact) mass is 430 g/mol. The van der Waals surface area contributed by atoms with E-state index in [4.69, 9.17) is 21.3 Å². The normalized spacial score (nSPS) is 26.5. The smallest absolute Gasteiger partial charge is 0.320 e. The van der Waals surface area contributed by atoms with Crippen molar-refractivity contribution in [2.75, 3.05) is 27.7 Å². The highest BCUT2D eigenvalue weighted by atomic mass is 16.6. The number of amides is 1. The molecule has 1 fully saturated rings. The Morgan fingerprint density at radius 2 is 1.93 bits per heavy atom. The number of ether oxygens (including phenoxy) is 1. The number of carbonyl (C=O) groups excluding carboxylic acids is 1. The number of aliphatic carboxylic acids is 1. The van der Waals surface area contributed by atoms with Gasteiger partial charge in [0.05, 0.1) is 33.4 Å². The zero-order valence-corrected chi connectivity index (χ0v) is 17.4. The Kier molecular flexibility index (Phi) is 7.55. The van der Waals surface area contributed by atoms with Crippen molar-refractivity contribution < 1.29 is 39.2 Å². The first kappa shape index (κ1) is 24.2. The van der Waals surface area contributed by atoms with Gasteiger partial charge < -0.3 is 45.7 Å². The number of rotatable bonds is 10. The molecule has 0 saturated carbocycles. The van der Waals surface area contributed by atoms with Crippen molar-refractivity contribution in [2.45, 2.75) is 55.9 Å². The lowest BCUT2D eigenvalue weighted by Crippen LogP contribution is -2.52. The van der Waals surface area contributed by atoms with Crippen molar-refractivity contribution in [3.8, 4) is 0 Å². The van der Waals surface area contributed by atoms with Crippen molar-refractivity contribution >= 4 is 11.9 Å². The minimum absolute atomic E-state index is 0.0568. The van der Waals surface area contributed by atoms with Crippen LogP contribution in [-0.4, -0.2) is 104 Å². The molecule has 0 spiro atoms. The zero-order chi connectivity index (χ0) is 22.8. The molecule has 6 atom stereocenters. The van der Waals surface area contributed by atoms with Crippen molar-refractivity contribution in [3.63, 3.8) is 0 Å². The molecule has 1 amide bonds. The number of primary amides is 1. The van der Waals surface area contributed by atoms with E-state index >= 15 is 0 Å². The van der Waals surface area contributed by atoms with Gasteiger partial charge in [-0.15, -0.1) is 0 Å². The first-order chi connectivity index (χ1) is 13.9. The van der Waals surface area contributed by atoms with E-state index in [-0.39, 0.29) is 12.8 Å². The van der Waals surface area contributed by atoms with E-state index in [9.17, 15) is 24.9 Å². The third-order valence-corrected chi connectivity index (χ3v) is 5.30. The number of hydrogen-bond donors (Lipinski definition) is 6. The van der Waals surface area contributed by atoms with Gasteiger partial charge in [-0.25, -0.2) is 4.98 Å². The van der Waals surface area contributed by atoms with E-state index in [0.717, 1.165) is 0 Å². The lowest BCUT2D eigenvalue weighted by molar-refractivity contribution is -0.886. The van der Waals surface area contributed by atoms with Gasteiger partial charge in [-0.3, -0.25) is 9.59 Å². The van der Waals surface area contributed by atoms with Crippen LogP contribution >= 0.6 is 0 Å². The molecule has 1 saturated heterocycles. The van der Waals surface area contributed by atoms with Gasteiger partial charge >= 0.3 is 5.97 Å². The fraction of sp³-hybridized carbons (Fsp3) is 0.722. The standard InChI is InChI=1S/C18H31N5O7/c1-23(2,3)11(16(20)27)4-5-13-21-9(6-10(19)18(28)29)7-22(13)17-15(26)14(25)12(8-24)30-17/h7,10-12,14-15,17,24-26H,4-6,8,19H2,1-3H3,(H2-,20,27,28,29)/p+1/t10?,11?,12-,14-,15-,17-/m1/s1. The molecule has 12 heteroatoms. The summed E-state index contributed by atoms with van der Waals surface area (Å²) in [6, 6.07) is -1.68. The molecule has 2 rings (SSSR count). The number of aliphatic hydroxyl groups excluding tert-OH is 3. The maximum atomic E-state index is 11.9. The summed E-state index contributed by atoms with van der Waals surface area (Å²) in [5, 5.41) is 38.9. The van der Waals surface area contributed by atoms with Crippen LogP contribution in [0.4, 0.5) is 0 Å². The number of quaternary nitrogens is 1. The summed E-state index contributed by atoms with van der Waals surface area (Å²) in [4.78, 5) is 27.4. The first-order valence-electron chi connectivity index (χ1n) is 9.64. The van der Waals surface area contributed by atoms with Crippen molar-refractivity contribution in [2.24, 2.45) is 11.5 Å².